The molecule has 2 heterocycles. The summed E-state index contributed by atoms with van der Waals surface area (Å²) in [6.07, 6.45) is 3.25. The van der Waals surface area contributed by atoms with E-state index in [-0.39, 0.29) is 24.5 Å². The first-order valence-electron chi connectivity index (χ1n) is 9.63. The van der Waals surface area contributed by atoms with E-state index in [1.165, 1.54) is 0 Å². The third kappa shape index (κ3) is 5.21. The van der Waals surface area contributed by atoms with Crippen LogP contribution in [0.1, 0.15) is 31.2 Å². The van der Waals surface area contributed by atoms with Crippen molar-refractivity contribution in [3.63, 3.8) is 0 Å². The third-order valence-electron chi connectivity index (χ3n) is 5.40. The standard InChI is InChI=1S/C20H27N3O4/c24-18(9-8-15-5-2-1-3-6-15)22-12-10-17(14-22)21-20(27)23-11-4-7-16(13-23)19(25)26/h1-3,5-6,16-17H,4,7-14H2,(H,21,27)(H,25,26). The number of carbonyl (C=O) groups excluding carboxylic acids is 2. The Bertz CT molecular complexity index is 679. The van der Waals surface area contributed by atoms with Crippen molar-refractivity contribution >= 4 is 17.9 Å². The smallest absolute Gasteiger partial charge is 0.317 e. The largest absolute Gasteiger partial charge is 0.481 e. The predicted octanol–water partition coefficient (Wildman–Crippen LogP) is 1.73. The number of rotatable bonds is 5. The summed E-state index contributed by atoms with van der Waals surface area (Å²) in [7, 11) is 0. The number of hydrogen-bond acceptors (Lipinski definition) is 3. The topological polar surface area (TPSA) is 89.9 Å². The lowest BCUT2D eigenvalue weighted by molar-refractivity contribution is -0.143. The molecule has 7 nitrogen and oxygen atoms in total. The van der Waals surface area contributed by atoms with Crippen molar-refractivity contribution in [2.24, 2.45) is 5.92 Å². The molecule has 2 aliphatic rings. The molecular formula is C20H27N3O4. The Labute approximate surface area is 159 Å². The van der Waals surface area contributed by atoms with Crippen molar-refractivity contribution in [3.8, 4) is 0 Å². The first-order chi connectivity index (χ1) is 13.0. The second kappa shape index (κ2) is 8.88. The fraction of sp³-hybridized carbons (Fsp3) is 0.550. The van der Waals surface area contributed by atoms with Crippen LogP contribution in [0.25, 0.3) is 0 Å². The lowest BCUT2D eigenvalue weighted by Gasteiger charge is -2.31. The Hall–Kier alpha value is -2.57. The summed E-state index contributed by atoms with van der Waals surface area (Å²) in [5, 5.41) is 12.1. The van der Waals surface area contributed by atoms with Gasteiger partial charge in [0.15, 0.2) is 0 Å². The Kier molecular flexibility index (Phi) is 6.32. The predicted molar refractivity (Wildman–Crippen MR) is 100 cm³/mol. The van der Waals surface area contributed by atoms with Crippen LogP contribution in [0.2, 0.25) is 0 Å². The Morgan fingerprint density at radius 1 is 1.04 bits per heavy atom. The van der Waals surface area contributed by atoms with Crippen LogP contribution in [0.5, 0.6) is 0 Å². The number of nitrogens with one attached hydrogen (secondary N) is 1. The average molecular weight is 373 g/mol. The number of carboxylic acid groups (broad SMARTS) is 1. The summed E-state index contributed by atoms with van der Waals surface area (Å²) < 4.78 is 0. The van der Waals surface area contributed by atoms with Gasteiger partial charge in [-0.25, -0.2) is 4.79 Å². The van der Waals surface area contributed by atoms with Gasteiger partial charge in [-0.05, 0) is 31.2 Å². The fourth-order valence-electron chi connectivity index (χ4n) is 3.79. The highest BCUT2D eigenvalue weighted by atomic mass is 16.4. The van der Waals surface area contributed by atoms with Crippen LogP contribution < -0.4 is 5.32 Å². The molecule has 0 radical (unpaired) electrons. The van der Waals surface area contributed by atoms with E-state index in [9.17, 15) is 14.4 Å². The number of aryl methyl sites for hydroxylation is 1. The van der Waals surface area contributed by atoms with Crippen molar-refractivity contribution in [2.75, 3.05) is 26.2 Å². The number of benzene rings is 1. The molecule has 2 aliphatic heterocycles. The number of urea groups is 1. The highest BCUT2D eigenvalue weighted by molar-refractivity contribution is 5.78. The van der Waals surface area contributed by atoms with E-state index < -0.39 is 11.9 Å². The van der Waals surface area contributed by atoms with Gasteiger partial charge in [0.1, 0.15) is 0 Å². The summed E-state index contributed by atoms with van der Waals surface area (Å²) in [5.41, 5.74) is 1.15. The number of aliphatic carboxylic acids is 1. The Balaban J connectivity index is 1.43. The van der Waals surface area contributed by atoms with Crippen molar-refractivity contribution in [2.45, 2.75) is 38.1 Å². The van der Waals surface area contributed by atoms with Gasteiger partial charge in [-0.15, -0.1) is 0 Å². The molecule has 27 heavy (non-hydrogen) atoms. The van der Waals surface area contributed by atoms with Gasteiger partial charge in [-0.1, -0.05) is 30.3 Å². The third-order valence-corrected chi connectivity index (χ3v) is 5.40. The molecule has 3 amide bonds. The van der Waals surface area contributed by atoms with Crippen LogP contribution in [-0.4, -0.2) is 65.0 Å². The van der Waals surface area contributed by atoms with Crippen LogP contribution in [-0.2, 0) is 16.0 Å². The lowest BCUT2D eigenvalue weighted by atomic mass is 9.99. The van der Waals surface area contributed by atoms with E-state index in [4.69, 9.17) is 5.11 Å². The number of carboxylic acids is 1. The van der Waals surface area contributed by atoms with Gasteiger partial charge >= 0.3 is 12.0 Å². The lowest BCUT2D eigenvalue weighted by Crippen LogP contribution is -2.50. The molecule has 7 heteroatoms. The molecular weight excluding hydrogens is 346 g/mol. The average Bonchev–Trinajstić information content (AvgIpc) is 3.15. The van der Waals surface area contributed by atoms with Crippen LogP contribution >= 0.6 is 0 Å². The van der Waals surface area contributed by atoms with Crippen LogP contribution in [0, 0.1) is 5.92 Å². The minimum Gasteiger partial charge on any atom is -0.481 e. The van der Waals surface area contributed by atoms with Gasteiger partial charge in [-0.2, -0.15) is 0 Å². The maximum atomic E-state index is 12.4. The van der Waals surface area contributed by atoms with Crippen molar-refractivity contribution in [3.05, 3.63) is 35.9 Å². The molecule has 2 unspecified atom stereocenters. The summed E-state index contributed by atoms with van der Waals surface area (Å²) in [4.78, 5) is 39.4. The molecule has 2 fully saturated rings. The van der Waals surface area contributed by atoms with Crippen molar-refractivity contribution in [1.82, 2.24) is 15.1 Å². The molecule has 0 aromatic heterocycles. The second-order valence-corrected chi connectivity index (χ2v) is 7.38. The van der Waals surface area contributed by atoms with Gasteiger partial charge in [0.05, 0.1) is 5.92 Å². The van der Waals surface area contributed by atoms with E-state index in [1.807, 2.05) is 35.2 Å². The number of carbonyl (C=O) groups is 3. The SMILES string of the molecule is O=C(O)C1CCCN(C(=O)NC2CCN(C(=O)CCc3ccccc3)C2)C1. The molecule has 1 aromatic carbocycles. The molecule has 0 saturated carbocycles. The fourth-order valence-corrected chi connectivity index (χ4v) is 3.79. The number of amides is 3. The highest BCUT2D eigenvalue weighted by Crippen LogP contribution is 2.18. The van der Waals surface area contributed by atoms with Gasteiger partial charge in [-0.3, -0.25) is 9.59 Å². The van der Waals surface area contributed by atoms with Gasteiger partial charge in [0.25, 0.3) is 0 Å². The molecule has 146 valence electrons. The van der Waals surface area contributed by atoms with Crippen LogP contribution in [0.4, 0.5) is 4.79 Å². The van der Waals surface area contributed by atoms with Crippen molar-refractivity contribution < 1.29 is 19.5 Å². The quantitative estimate of drug-likeness (QED) is 0.822. The maximum Gasteiger partial charge on any atom is 0.317 e. The van der Waals surface area contributed by atoms with Gasteiger partial charge in [0, 0.05) is 38.6 Å². The summed E-state index contributed by atoms with van der Waals surface area (Å²) >= 11 is 0. The molecule has 3 rings (SSSR count). The first-order valence-corrected chi connectivity index (χ1v) is 9.63. The first kappa shape index (κ1) is 19.2. The number of hydrogen-bond donors (Lipinski definition) is 2. The monoisotopic (exact) mass is 373 g/mol. The molecule has 0 bridgehead atoms. The Morgan fingerprint density at radius 3 is 2.56 bits per heavy atom. The summed E-state index contributed by atoms with van der Waals surface area (Å²) in [6, 6.07) is 9.65. The highest BCUT2D eigenvalue weighted by Gasteiger charge is 2.31. The molecule has 0 aliphatic carbocycles. The minimum atomic E-state index is -0.844. The minimum absolute atomic E-state index is 0.0663. The maximum absolute atomic E-state index is 12.4. The molecule has 2 N–H and O–H groups in total. The normalized spacial score (nSPS) is 22.5. The van der Waals surface area contributed by atoms with E-state index in [1.54, 1.807) is 4.90 Å². The zero-order valence-corrected chi connectivity index (χ0v) is 15.5. The zero-order valence-electron chi connectivity index (χ0n) is 15.5. The van der Waals surface area contributed by atoms with E-state index in [2.05, 4.69) is 5.32 Å². The number of likely N-dealkylation sites (tertiary alicyclic amines) is 2. The summed E-state index contributed by atoms with van der Waals surface area (Å²) in [6.45, 7) is 2.02. The zero-order chi connectivity index (χ0) is 19.2. The van der Waals surface area contributed by atoms with E-state index >= 15 is 0 Å². The molecule has 2 saturated heterocycles. The van der Waals surface area contributed by atoms with Gasteiger partial charge in [0.2, 0.25) is 5.91 Å². The van der Waals surface area contributed by atoms with Crippen LogP contribution in [0.15, 0.2) is 30.3 Å². The van der Waals surface area contributed by atoms with E-state index in [0.717, 1.165) is 18.4 Å². The van der Waals surface area contributed by atoms with Gasteiger partial charge < -0.3 is 20.2 Å². The molecule has 0 spiro atoms. The van der Waals surface area contributed by atoms with E-state index in [0.29, 0.717) is 38.9 Å². The van der Waals surface area contributed by atoms with Crippen LogP contribution in [0.3, 0.4) is 0 Å². The van der Waals surface area contributed by atoms with Crippen molar-refractivity contribution in [1.29, 1.82) is 0 Å². The second-order valence-electron chi connectivity index (χ2n) is 7.38. The molecule has 1 aromatic rings. The Morgan fingerprint density at radius 2 is 1.81 bits per heavy atom. The number of piperidine rings is 1. The summed E-state index contributed by atoms with van der Waals surface area (Å²) in [5.74, 6) is -1.22. The number of nitrogens with zero attached hydrogens (tertiary/aromatic N) is 2. The molecule has 2 atom stereocenters.